The fourth-order valence-corrected chi connectivity index (χ4v) is 4.16. The first-order chi connectivity index (χ1) is 8.86. The van der Waals surface area contributed by atoms with Crippen LogP contribution in [0.25, 0.3) is 4.96 Å². The van der Waals surface area contributed by atoms with Gasteiger partial charge in [-0.2, -0.15) is 0 Å². The Hall–Kier alpha value is -1.12. The van der Waals surface area contributed by atoms with Gasteiger partial charge in [0.25, 0.3) is 10.0 Å². The second kappa shape index (κ2) is 5.10. The highest BCUT2D eigenvalue weighted by atomic mass is 32.2. The summed E-state index contributed by atoms with van der Waals surface area (Å²) in [5.74, 6) is 0.289. The van der Waals surface area contributed by atoms with Gasteiger partial charge >= 0.3 is 0 Å². The molecule has 0 aliphatic rings. The Labute approximate surface area is 116 Å². The summed E-state index contributed by atoms with van der Waals surface area (Å²) in [7, 11) is -3.67. The zero-order valence-electron chi connectivity index (χ0n) is 11.1. The number of nitrogens with two attached hydrogens (primary N) is 1. The molecule has 0 saturated carbocycles. The summed E-state index contributed by atoms with van der Waals surface area (Å²) in [5, 5.41) is 1.80. The van der Waals surface area contributed by atoms with Crippen LogP contribution in [0.1, 0.15) is 27.2 Å². The molecule has 0 fully saturated rings. The van der Waals surface area contributed by atoms with Crippen molar-refractivity contribution in [2.75, 3.05) is 5.73 Å². The van der Waals surface area contributed by atoms with Crippen molar-refractivity contribution in [3.05, 3.63) is 11.6 Å². The number of sulfonamides is 1. The van der Waals surface area contributed by atoms with E-state index in [-0.39, 0.29) is 22.8 Å². The minimum Gasteiger partial charge on any atom is -0.381 e. The molecule has 2 aromatic rings. The summed E-state index contributed by atoms with van der Waals surface area (Å²) in [6.07, 6.45) is 2.56. The monoisotopic (exact) mass is 302 g/mol. The zero-order valence-corrected chi connectivity index (χ0v) is 12.8. The number of nitrogen functional groups attached to an aromatic ring is 1. The van der Waals surface area contributed by atoms with Gasteiger partial charge in [0.05, 0.1) is 0 Å². The summed E-state index contributed by atoms with van der Waals surface area (Å²) in [6, 6.07) is -0.154. The van der Waals surface area contributed by atoms with Gasteiger partial charge in [-0.3, -0.25) is 4.40 Å². The maximum Gasteiger partial charge on any atom is 0.260 e. The quantitative estimate of drug-likeness (QED) is 0.879. The van der Waals surface area contributed by atoms with E-state index in [0.717, 1.165) is 6.42 Å². The van der Waals surface area contributed by atoms with Crippen molar-refractivity contribution >= 4 is 32.1 Å². The molecule has 3 N–H and O–H groups in total. The van der Waals surface area contributed by atoms with E-state index in [1.165, 1.54) is 15.7 Å². The van der Waals surface area contributed by atoms with Gasteiger partial charge in [-0.05, 0) is 12.8 Å². The lowest BCUT2D eigenvalue weighted by Crippen LogP contribution is -2.37. The number of nitrogens with zero attached hydrogens (tertiary/aromatic N) is 2. The van der Waals surface area contributed by atoms with Crippen molar-refractivity contribution in [2.24, 2.45) is 5.92 Å². The van der Waals surface area contributed by atoms with Crippen LogP contribution in [-0.4, -0.2) is 23.8 Å². The molecule has 0 aliphatic heterocycles. The molecule has 6 nitrogen and oxygen atoms in total. The summed E-state index contributed by atoms with van der Waals surface area (Å²) in [5.41, 5.74) is 5.72. The molecule has 0 saturated heterocycles. The fraction of sp³-hybridized carbons (Fsp3) is 0.545. The van der Waals surface area contributed by atoms with Gasteiger partial charge in [0.15, 0.2) is 15.8 Å². The second-order valence-electron chi connectivity index (χ2n) is 4.65. The smallest absolute Gasteiger partial charge is 0.260 e. The van der Waals surface area contributed by atoms with Crippen LogP contribution in [0.5, 0.6) is 0 Å². The average molecular weight is 302 g/mol. The topological polar surface area (TPSA) is 89.5 Å². The Morgan fingerprint density at radius 2 is 2.21 bits per heavy atom. The van der Waals surface area contributed by atoms with Crippen molar-refractivity contribution in [2.45, 2.75) is 38.3 Å². The molecule has 0 bridgehead atoms. The van der Waals surface area contributed by atoms with Gasteiger partial charge in [0, 0.05) is 17.6 Å². The lowest BCUT2D eigenvalue weighted by Gasteiger charge is -2.19. The zero-order chi connectivity index (χ0) is 14.2. The van der Waals surface area contributed by atoms with Gasteiger partial charge in [0.2, 0.25) is 0 Å². The van der Waals surface area contributed by atoms with Crippen LogP contribution >= 0.6 is 11.3 Å². The molecule has 2 rings (SSSR count). The minimum atomic E-state index is -3.67. The van der Waals surface area contributed by atoms with E-state index in [1.807, 2.05) is 20.8 Å². The number of hydrogen-bond donors (Lipinski definition) is 2. The van der Waals surface area contributed by atoms with Gasteiger partial charge in [-0.1, -0.05) is 20.3 Å². The molecule has 106 valence electrons. The summed E-state index contributed by atoms with van der Waals surface area (Å²) >= 11 is 1.35. The molecular formula is C11H18N4O2S2. The number of anilines is 1. The molecule has 0 aliphatic carbocycles. The lowest BCUT2D eigenvalue weighted by molar-refractivity contribution is 0.433. The number of imidazole rings is 1. The Morgan fingerprint density at radius 1 is 1.53 bits per heavy atom. The van der Waals surface area contributed by atoms with E-state index in [9.17, 15) is 8.42 Å². The maximum atomic E-state index is 12.4. The fourth-order valence-electron chi connectivity index (χ4n) is 1.82. The summed E-state index contributed by atoms with van der Waals surface area (Å²) in [6.45, 7) is 5.89. The summed E-state index contributed by atoms with van der Waals surface area (Å²) < 4.78 is 29.0. The van der Waals surface area contributed by atoms with Crippen molar-refractivity contribution in [3.63, 3.8) is 0 Å². The van der Waals surface area contributed by atoms with Crippen LogP contribution in [0.4, 0.5) is 5.82 Å². The molecule has 0 aromatic carbocycles. The van der Waals surface area contributed by atoms with Crippen molar-refractivity contribution < 1.29 is 8.42 Å². The number of nitrogens with one attached hydrogen (secondary N) is 1. The van der Waals surface area contributed by atoms with Crippen LogP contribution in [-0.2, 0) is 10.0 Å². The first kappa shape index (κ1) is 14.3. The maximum absolute atomic E-state index is 12.4. The second-order valence-corrected chi connectivity index (χ2v) is 7.16. The molecular weight excluding hydrogens is 284 g/mol. The largest absolute Gasteiger partial charge is 0.381 e. The number of rotatable bonds is 5. The number of hydrogen-bond acceptors (Lipinski definition) is 5. The molecule has 8 heteroatoms. The van der Waals surface area contributed by atoms with E-state index in [2.05, 4.69) is 9.71 Å². The Kier molecular flexibility index (Phi) is 3.84. The standard InChI is InChI=1S/C11H18N4O2S2/c1-4-7(2)8(3)14-19(16,17)10-9(12)13-11-15(10)5-6-18-11/h5-8,14H,4,12H2,1-3H3. The Balaban J connectivity index is 2.39. The van der Waals surface area contributed by atoms with E-state index >= 15 is 0 Å². The van der Waals surface area contributed by atoms with Gasteiger partial charge in [0.1, 0.15) is 0 Å². The van der Waals surface area contributed by atoms with Crippen LogP contribution in [0, 0.1) is 5.92 Å². The van der Waals surface area contributed by atoms with Gasteiger partial charge < -0.3 is 5.73 Å². The average Bonchev–Trinajstić information content (AvgIpc) is 2.85. The van der Waals surface area contributed by atoms with Crippen LogP contribution in [0.3, 0.4) is 0 Å². The van der Waals surface area contributed by atoms with E-state index in [4.69, 9.17) is 5.73 Å². The number of thiazole rings is 1. The highest BCUT2D eigenvalue weighted by Crippen LogP contribution is 2.24. The number of aromatic nitrogens is 2. The number of fused-ring (bicyclic) bond motifs is 1. The van der Waals surface area contributed by atoms with Gasteiger partial charge in [-0.15, -0.1) is 11.3 Å². The first-order valence-corrected chi connectivity index (χ1v) is 8.46. The highest BCUT2D eigenvalue weighted by Gasteiger charge is 2.27. The molecule has 2 heterocycles. The van der Waals surface area contributed by atoms with Gasteiger partial charge in [-0.25, -0.2) is 18.1 Å². The van der Waals surface area contributed by atoms with Crippen LogP contribution in [0.15, 0.2) is 16.6 Å². The molecule has 0 spiro atoms. The molecule has 2 aromatic heterocycles. The normalized spacial score (nSPS) is 15.7. The minimum absolute atomic E-state index is 0.0268. The summed E-state index contributed by atoms with van der Waals surface area (Å²) in [4.78, 5) is 4.63. The lowest BCUT2D eigenvalue weighted by atomic mass is 10.0. The van der Waals surface area contributed by atoms with Crippen molar-refractivity contribution in [3.8, 4) is 0 Å². The third-order valence-corrected chi connectivity index (χ3v) is 5.69. The van der Waals surface area contributed by atoms with Crippen LogP contribution < -0.4 is 10.5 Å². The first-order valence-electron chi connectivity index (χ1n) is 6.10. The van der Waals surface area contributed by atoms with Crippen molar-refractivity contribution in [1.82, 2.24) is 14.1 Å². The van der Waals surface area contributed by atoms with E-state index in [0.29, 0.717) is 4.96 Å². The Bertz CT molecular complexity index is 674. The Morgan fingerprint density at radius 3 is 2.84 bits per heavy atom. The predicted molar refractivity (Wildman–Crippen MR) is 76.7 cm³/mol. The highest BCUT2D eigenvalue weighted by molar-refractivity contribution is 7.89. The molecule has 0 amide bonds. The third-order valence-electron chi connectivity index (χ3n) is 3.34. The van der Waals surface area contributed by atoms with E-state index in [1.54, 1.807) is 11.6 Å². The predicted octanol–water partition coefficient (Wildman–Crippen LogP) is 1.69. The van der Waals surface area contributed by atoms with Crippen molar-refractivity contribution in [1.29, 1.82) is 0 Å². The molecule has 2 unspecified atom stereocenters. The van der Waals surface area contributed by atoms with E-state index < -0.39 is 10.0 Å². The molecule has 2 atom stereocenters. The molecule has 19 heavy (non-hydrogen) atoms. The SMILES string of the molecule is CCC(C)C(C)NS(=O)(=O)c1c(N)nc2sccn12. The molecule has 0 radical (unpaired) electrons. The third kappa shape index (κ3) is 2.60. The van der Waals surface area contributed by atoms with Crippen LogP contribution in [0.2, 0.25) is 0 Å².